The lowest BCUT2D eigenvalue weighted by molar-refractivity contribution is 0.0351. The van der Waals surface area contributed by atoms with Gasteiger partial charge in [-0.3, -0.25) is 0 Å². The van der Waals surface area contributed by atoms with Crippen LogP contribution >= 0.6 is 11.6 Å². The van der Waals surface area contributed by atoms with Crippen molar-refractivity contribution in [3.05, 3.63) is 28.8 Å². The van der Waals surface area contributed by atoms with Crippen molar-refractivity contribution in [3.63, 3.8) is 0 Å². The van der Waals surface area contributed by atoms with Crippen molar-refractivity contribution in [1.29, 1.82) is 0 Å². The van der Waals surface area contributed by atoms with E-state index in [4.69, 9.17) is 11.6 Å². The molecule has 1 saturated carbocycles. The first-order chi connectivity index (χ1) is 9.55. The minimum atomic E-state index is -0.512. The molecule has 0 amide bonds. The number of hydrogen-bond donors (Lipinski definition) is 2. The number of benzene rings is 1. The van der Waals surface area contributed by atoms with Gasteiger partial charge >= 0.3 is 0 Å². The van der Waals surface area contributed by atoms with Crippen molar-refractivity contribution in [2.45, 2.75) is 50.8 Å². The first-order valence-electron chi connectivity index (χ1n) is 7.53. The highest BCUT2D eigenvalue weighted by molar-refractivity contribution is 6.31. The molecule has 1 aromatic carbocycles. The van der Waals surface area contributed by atoms with Gasteiger partial charge in [-0.15, -0.1) is 0 Å². The van der Waals surface area contributed by atoms with Gasteiger partial charge in [-0.05, 0) is 44.7 Å². The summed E-state index contributed by atoms with van der Waals surface area (Å²) >= 11 is 6.39. The van der Waals surface area contributed by atoms with Crippen LogP contribution in [0.5, 0.6) is 0 Å². The number of piperidine rings is 1. The maximum atomic E-state index is 10.1. The van der Waals surface area contributed by atoms with Crippen molar-refractivity contribution >= 4 is 17.3 Å². The molecule has 2 aliphatic rings. The molecule has 4 heteroatoms. The molecule has 1 saturated heterocycles. The average Bonchev–Trinajstić information content (AvgIpc) is 3.21. The summed E-state index contributed by atoms with van der Waals surface area (Å²) in [6, 6.07) is 6.82. The summed E-state index contributed by atoms with van der Waals surface area (Å²) in [4.78, 5) is 2.35. The van der Waals surface area contributed by atoms with Crippen molar-refractivity contribution in [3.8, 4) is 0 Å². The summed E-state index contributed by atoms with van der Waals surface area (Å²) in [6.45, 7) is 4.55. The number of nitrogens with one attached hydrogen (secondary N) is 1. The maximum Gasteiger partial charge on any atom is 0.0653 e. The van der Waals surface area contributed by atoms with Gasteiger partial charge in [-0.25, -0.2) is 0 Å². The van der Waals surface area contributed by atoms with E-state index >= 15 is 0 Å². The Morgan fingerprint density at radius 3 is 2.70 bits per heavy atom. The van der Waals surface area contributed by atoms with Crippen molar-refractivity contribution < 1.29 is 5.11 Å². The van der Waals surface area contributed by atoms with Crippen LogP contribution in [0.4, 0.5) is 5.69 Å². The number of anilines is 1. The lowest BCUT2D eigenvalue weighted by Crippen LogP contribution is -2.43. The van der Waals surface area contributed by atoms with Gasteiger partial charge < -0.3 is 15.3 Å². The van der Waals surface area contributed by atoms with Gasteiger partial charge in [-0.1, -0.05) is 17.7 Å². The quantitative estimate of drug-likeness (QED) is 0.896. The third-order valence-electron chi connectivity index (χ3n) is 4.42. The van der Waals surface area contributed by atoms with Crippen molar-refractivity contribution in [2.24, 2.45) is 0 Å². The van der Waals surface area contributed by atoms with Crippen LogP contribution in [0.2, 0.25) is 5.02 Å². The maximum absolute atomic E-state index is 10.1. The lowest BCUT2D eigenvalue weighted by Gasteiger charge is -2.38. The Hall–Kier alpha value is -0.770. The molecule has 0 spiro atoms. The first-order valence-corrected chi connectivity index (χ1v) is 7.91. The smallest absolute Gasteiger partial charge is 0.0653 e. The Morgan fingerprint density at radius 1 is 1.35 bits per heavy atom. The van der Waals surface area contributed by atoms with E-state index in [0.29, 0.717) is 6.04 Å². The number of halogens is 1. The van der Waals surface area contributed by atoms with Gasteiger partial charge in [0.2, 0.25) is 0 Å². The molecule has 110 valence electrons. The molecular formula is C16H23ClN2O. The van der Waals surface area contributed by atoms with Crippen LogP contribution in [0.3, 0.4) is 0 Å². The molecule has 2 N–H and O–H groups in total. The Morgan fingerprint density at radius 2 is 2.05 bits per heavy atom. The molecule has 0 radical (unpaired) electrons. The van der Waals surface area contributed by atoms with Gasteiger partial charge in [0.1, 0.15) is 0 Å². The zero-order valence-corrected chi connectivity index (χ0v) is 12.8. The minimum absolute atomic E-state index is 0.512. The van der Waals surface area contributed by atoms with Crippen LogP contribution in [0.1, 0.15) is 38.2 Å². The first kappa shape index (κ1) is 14.2. The zero-order chi connectivity index (χ0) is 14.2. The highest BCUT2D eigenvalue weighted by atomic mass is 35.5. The third-order valence-corrected chi connectivity index (χ3v) is 4.77. The van der Waals surface area contributed by atoms with Crippen LogP contribution in [0.25, 0.3) is 0 Å². The normalized spacial score (nSPS) is 22.1. The summed E-state index contributed by atoms with van der Waals surface area (Å²) in [6.07, 6.45) is 4.20. The summed E-state index contributed by atoms with van der Waals surface area (Å²) < 4.78 is 0. The number of rotatable bonds is 4. The van der Waals surface area contributed by atoms with E-state index in [-0.39, 0.29) is 0 Å². The molecule has 1 aliphatic carbocycles. The fourth-order valence-corrected chi connectivity index (χ4v) is 3.02. The summed E-state index contributed by atoms with van der Waals surface area (Å²) in [5.74, 6) is 0. The highest BCUT2D eigenvalue weighted by Gasteiger charge is 2.29. The standard InChI is InChI=1S/C16H23ClN2O/c1-16(20)7-9-19(10-8-16)15-4-2-3-14(17)13(15)11-18-12-5-6-12/h2-4,12,18,20H,5-11H2,1H3. The van der Waals surface area contributed by atoms with Gasteiger partial charge in [0.25, 0.3) is 0 Å². The van der Waals surface area contributed by atoms with E-state index in [1.54, 1.807) is 0 Å². The molecule has 3 nitrogen and oxygen atoms in total. The second-order valence-electron chi connectivity index (χ2n) is 6.38. The highest BCUT2D eigenvalue weighted by Crippen LogP contribution is 2.32. The van der Waals surface area contributed by atoms with Crippen molar-refractivity contribution in [2.75, 3.05) is 18.0 Å². The molecule has 2 fully saturated rings. The van der Waals surface area contributed by atoms with E-state index in [9.17, 15) is 5.11 Å². The fourth-order valence-electron chi connectivity index (χ4n) is 2.78. The lowest BCUT2D eigenvalue weighted by atomic mass is 9.93. The molecule has 0 atom stereocenters. The SMILES string of the molecule is CC1(O)CCN(c2cccc(Cl)c2CNC2CC2)CC1. The molecule has 3 rings (SSSR count). The van der Waals surface area contributed by atoms with Crippen LogP contribution in [-0.2, 0) is 6.54 Å². The Labute approximate surface area is 125 Å². The van der Waals surface area contributed by atoms with E-state index in [2.05, 4.69) is 16.3 Å². The number of hydrogen-bond acceptors (Lipinski definition) is 3. The van der Waals surface area contributed by atoms with E-state index in [0.717, 1.165) is 37.5 Å². The molecule has 0 bridgehead atoms. The monoisotopic (exact) mass is 294 g/mol. The molecule has 1 aliphatic heterocycles. The Kier molecular flexibility index (Phi) is 3.93. The molecule has 0 unspecified atom stereocenters. The second-order valence-corrected chi connectivity index (χ2v) is 6.78. The predicted octanol–water partition coefficient (Wildman–Crippen LogP) is 2.94. The van der Waals surface area contributed by atoms with Gasteiger partial charge in [0, 0.05) is 41.9 Å². The van der Waals surface area contributed by atoms with E-state index in [1.807, 2.05) is 19.1 Å². The Bertz CT molecular complexity index is 475. The molecular weight excluding hydrogens is 272 g/mol. The van der Waals surface area contributed by atoms with E-state index < -0.39 is 5.60 Å². The summed E-state index contributed by atoms with van der Waals surface area (Å²) in [7, 11) is 0. The second kappa shape index (κ2) is 5.55. The Balaban J connectivity index is 1.75. The van der Waals surface area contributed by atoms with Crippen LogP contribution < -0.4 is 10.2 Å². The minimum Gasteiger partial charge on any atom is -0.390 e. The number of aliphatic hydroxyl groups is 1. The van der Waals surface area contributed by atoms with Crippen LogP contribution in [-0.4, -0.2) is 29.8 Å². The van der Waals surface area contributed by atoms with Crippen molar-refractivity contribution in [1.82, 2.24) is 5.32 Å². The predicted molar refractivity (Wildman–Crippen MR) is 83.4 cm³/mol. The fraction of sp³-hybridized carbons (Fsp3) is 0.625. The number of nitrogens with zero attached hydrogens (tertiary/aromatic N) is 1. The van der Waals surface area contributed by atoms with Crippen LogP contribution in [0, 0.1) is 0 Å². The molecule has 1 aromatic rings. The zero-order valence-electron chi connectivity index (χ0n) is 12.0. The topological polar surface area (TPSA) is 35.5 Å². The van der Waals surface area contributed by atoms with E-state index in [1.165, 1.54) is 24.1 Å². The third kappa shape index (κ3) is 3.27. The summed E-state index contributed by atoms with van der Waals surface area (Å²) in [5.41, 5.74) is 1.91. The molecule has 0 aromatic heterocycles. The molecule has 20 heavy (non-hydrogen) atoms. The largest absolute Gasteiger partial charge is 0.390 e. The van der Waals surface area contributed by atoms with Gasteiger partial charge in [0.05, 0.1) is 5.60 Å². The van der Waals surface area contributed by atoms with Crippen LogP contribution in [0.15, 0.2) is 18.2 Å². The van der Waals surface area contributed by atoms with Gasteiger partial charge in [-0.2, -0.15) is 0 Å². The average molecular weight is 295 g/mol. The van der Waals surface area contributed by atoms with Gasteiger partial charge in [0.15, 0.2) is 0 Å². The summed E-state index contributed by atoms with van der Waals surface area (Å²) in [5, 5.41) is 14.5. The molecule has 1 heterocycles.